The molecule has 0 aliphatic heterocycles. The maximum absolute atomic E-state index is 11.3. The van der Waals surface area contributed by atoms with Crippen LogP contribution in [0.2, 0.25) is 0 Å². The van der Waals surface area contributed by atoms with Gasteiger partial charge in [-0.25, -0.2) is 4.79 Å². The van der Waals surface area contributed by atoms with E-state index in [4.69, 9.17) is 10.5 Å². The van der Waals surface area contributed by atoms with Crippen molar-refractivity contribution in [2.75, 3.05) is 0 Å². The number of carbonyl (C=O) groups excluding carboxylic acids is 1. The van der Waals surface area contributed by atoms with Crippen LogP contribution in [-0.2, 0) is 4.79 Å². The van der Waals surface area contributed by atoms with E-state index in [9.17, 15) is 4.79 Å². The zero-order valence-electron chi connectivity index (χ0n) is 8.27. The molecule has 2 N–H and O–H groups in total. The largest absolute Gasteiger partial charge is 0.424 e. The maximum atomic E-state index is 11.3. The number of ether oxygens (including phenoxy) is 1. The summed E-state index contributed by atoms with van der Waals surface area (Å²) in [6.07, 6.45) is 0. The lowest BCUT2D eigenvalue weighted by atomic mass is 10.2. The fourth-order valence-electron chi connectivity index (χ4n) is 1.23. The molecule has 0 radical (unpaired) electrons. The van der Waals surface area contributed by atoms with Crippen molar-refractivity contribution in [3.63, 3.8) is 0 Å². The first-order valence-electron chi connectivity index (χ1n) is 4.62. The summed E-state index contributed by atoms with van der Waals surface area (Å²) in [4.78, 5) is 11.3. The van der Waals surface area contributed by atoms with Crippen LogP contribution in [-0.4, -0.2) is 12.0 Å². The van der Waals surface area contributed by atoms with E-state index >= 15 is 0 Å². The van der Waals surface area contributed by atoms with Gasteiger partial charge in [-0.3, -0.25) is 0 Å². The minimum absolute atomic E-state index is 0.404. The second kappa shape index (κ2) is 4.00. The van der Waals surface area contributed by atoms with Gasteiger partial charge in [-0.05, 0) is 19.1 Å². The van der Waals surface area contributed by atoms with Crippen LogP contribution in [0.15, 0.2) is 29.6 Å². The SMILES string of the molecule is CC(N)C(=O)Oc1csc2ccccc12. The van der Waals surface area contributed by atoms with E-state index in [1.54, 1.807) is 18.3 Å². The molecule has 2 rings (SSSR count). The monoisotopic (exact) mass is 221 g/mol. The summed E-state index contributed by atoms with van der Waals surface area (Å²) in [5, 5.41) is 2.78. The molecule has 1 aromatic carbocycles. The van der Waals surface area contributed by atoms with Crippen LogP contribution >= 0.6 is 11.3 Å². The first kappa shape index (κ1) is 10.1. The Morgan fingerprint density at radius 3 is 2.93 bits per heavy atom. The molecule has 0 spiro atoms. The van der Waals surface area contributed by atoms with Crippen LogP contribution in [0.1, 0.15) is 6.92 Å². The molecular formula is C11H11NO2S. The number of thiophene rings is 1. The lowest BCUT2D eigenvalue weighted by molar-refractivity contribution is -0.135. The molecular weight excluding hydrogens is 210 g/mol. The molecule has 1 aromatic heterocycles. The standard InChI is InChI=1S/C11H11NO2S/c1-7(12)11(13)14-9-6-15-10-5-3-2-4-8(9)10/h2-7H,12H2,1H3. The van der Waals surface area contributed by atoms with E-state index in [2.05, 4.69) is 0 Å². The molecule has 1 unspecified atom stereocenters. The van der Waals surface area contributed by atoms with Gasteiger partial charge in [0.1, 0.15) is 11.8 Å². The third-order valence-corrected chi connectivity index (χ3v) is 2.97. The third-order valence-electron chi connectivity index (χ3n) is 2.03. The number of hydrogen-bond donors (Lipinski definition) is 1. The molecule has 2 aromatic rings. The lowest BCUT2D eigenvalue weighted by Gasteiger charge is -2.04. The molecule has 0 saturated carbocycles. The molecule has 0 aliphatic carbocycles. The highest BCUT2D eigenvalue weighted by Gasteiger charge is 2.12. The normalized spacial score (nSPS) is 12.7. The zero-order valence-corrected chi connectivity index (χ0v) is 9.08. The molecule has 3 nitrogen and oxygen atoms in total. The van der Waals surface area contributed by atoms with E-state index in [0.29, 0.717) is 5.75 Å². The van der Waals surface area contributed by atoms with Crippen molar-refractivity contribution in [3.8, 4) is 5.75 Å². The summed E-state index contributed by atoms with van der Waals surface area (Å²) in [5.41, 5.74) is 5.43. The van der Waals surface area contributed by atoms with Gasteiger partial charge in [0.2, 0.25) is 0 Å². The number of carbonyl (C=O) groups is 1. The average Bonchev–Trinajstić information content (AvgIpc) is 2.62. The Morgan fingerprint density at radius 1 is 1.47 bits per heavy atom. The summed E-state index contributed by atoms with van der Waals surface area (Å²) in [5.74, 6) is 0.191. The van der Waals surface area contributed by atoms with Crippen molar-refractivity contribution in [1.29, 1.82) is 0 Å². The Bertz CT molecular complexity index is 490. The molecule has 78 valence electrons. The molecule has 0 amide bonds. The smallest absolute Gasteiger partial charge is 0.328 e. The van der Waals surface area contributed by atoms with E-state index < -0.39 is 12.0 Å². The maximum Gasteiger partial charge on any atom is 0.328 e. The number of fused-ring (bicyclic) bond motifs is 1. The number of esters is 1. The van der Waals surface area contributed by atoms with Crippen molar-refractivity contribution >= 4 is 27.4 Å². The Balaban J connectivity index is 2.33. The lowest BCUT2D eigenvalue weighted by Crippen LogP contribution is -2.30. The molecule has 0 saturated heterocycles. The second-order valence-electron chi connectivity index (χ2n) is 3.31. The summed E-state index contributed by atoms with van der Waals surface area (Å²) < 4.78 is 6.28. The third kappa shape index (κ3) is 2.00. The van der Waals surface area contributed by atoms with Crippen LogP contribution in [0.3, 0.4) is 0 Å². The minimum atomic E-state index is -0.594. The van der Waals surface area contributed by atoms with Gasteiger partial charge in [-0.2, -0.15) is 0 Å². The molecule has 1 atom stereocenters. The van der Waals surface area contributed by atoms with Gasteiger partial charge in [0, 0.05) is 15.5 Å². The molecule has 0 fully saturated rings. The van der Waals surface area contributed by atoms with Crippen molar-refractivity contribution < 1.29 is 9.53 Å². The highest BCUT2D eigenvalue weighted by Crippen LogP contribution is 2.31. The topological polar surface area (TPSA) is 52.3 Å². The van der Waals surface area contributed by atoms with Gasteiger partial charge in [-0.1, -0.05) is 12.1 Å². The van der Waals surface area contributed by atoms with Crippen LogP contribution < -0.4 is 10.5 Å². The van der Waals surface area contributed by atoms with Crippen LogP contribution in [0, 0.1) is 0 Å². The highest BCUT2D eigenvalue weighted by molar-refractivity contribution is 7.17. The van der Waals surface area contributed by atoms with Crippen molar-refractivity contribution in [1.82, 2.24) is 0 Å². The van der Waals surface area contributed by atoms with E-state index in [0.717, 1.165) is 10.1 Å². The first-order valence-corrected chi connectivity index (χ1v) is 5.50. The van der Waals surface area contributed by atoms with Gasteiger partial charge in [0.15, 0.2) is 0 Å². The van der Waals surface area contributed by atoms with Gasteiger partial charge >= 0.3 is 5.97 Å². The van der Waals surface area contributed by atoms with E-state index in [1.807, 2.05) is 29.6 Å². The van der Waals surface area contributed by atoms with Gasteiger partial charge < -0.3 is 10.5 Å². The number of hydrogen-bond acceptors (Lipinski definition) is 4. The molecule has 4 heteroatoms. The molecule has 1 heterocycles. The highest BCUT2D eigenvalue weighted by atomic mass is 32.1. The zero-order chi connectivity index (χ0) is 10.8. The van der Waals surface area contributed by atoms with Crippen molar-refractivity contribution in [2.45, 2.75) is 13.0 Å². The Kier molecular flexibility index (Phi) is 2.70. The molecule has 0 bridgehead atoms. The van der Waals surface area contributed by atoms with Crippen LogP contribution in [0.25, 0.3) is 10.1 Å². The minimum Gasteiger partial charge on any atom is -0.424 e. The second-order valence-corrected chi connectivity index (χ2v) is 4.22. The Labute approximate surface area is 91.5 Å². The first-order chi connectivity index (χ1) is 7.18. The molecule has 0 aliphatic rings. The Morgan fingerprint density at radius 2 is 2.20 bits per heavy atom. The number of rotatable bonds is 2. The Hall–Kier alpha value is -1.39. The fourth-order valence-corrected chi connectivity index (χ4v) is 2.10. The van der Waals surface area contributed by atoms with Crippen LogP contribution in [0.4, 0.5) is 0 Å². The average molecular weight is 221 g/mol. The van der Waals surface area contributed by atoms with Gasteiger partial charge in [0.05, 0.1) is 0 Å². The predicted octanol–water partition coefficient (Wildman–Crippen LogP) is 2.15. The number of benzene rings is 1. The summed E-state index contributed by atoms with van der Waals surface area (Å²) in [6, 6.07) is 7.19. The summed E-state index contributed by atoms with van der Waals surface area (Å²) >= 11 is 1.55. The predicted molar refractivity (Wildman–Crippen MR) is 61.1 cm³/mol. The van der Waals surface area contributed by atoms with Crippen molar-refractivity contribution in [3.05, 3.63) is 29.6 Å². The van der Waals surface area contributed by atoms with E-state index in [1.165, 1.54) is 0 Å². The summed E-state index contributed by atoms with van der Waals surface area (Å²) in [6.45, 7) is 1.61. The van der Waals surface area contributed by atoms with Crippen molar-refractivity contribution in [2.24, 2.45) is 5.73 Å². The summed E-state index contributed by atoms with van der Waals surface area (Å²) in [7, 11) is 0. The van der Waals surface area contributed by atoms with Crippen LogP contribution in [0.5, 0.6) is 5.75 Å². The fraction of sp³-hybridized carbons (Fsp3) is 0.182. The quantitative estimate of drug-likeness (QED) is 0.790. The number of nitrogens with two attached hydrogens (primary N) is 1. The van der Waals surface area contributed by atoms with Gasteiger partial charge in [-0.15, -0.1) is 11.3 Å². The van der Waals surface area contributed by atoms with Gasteiger partial charge in [0.25, 0.3) is 0 Å². The van der Waals surface area contributed by atoms with E-state index in [-0.39, 0.29) is 0 Å². The molecule has 15 heavy (non-hydrogen) atoms.